The summed E-state index contributed by atoms with van der Waals surface area (Å²) < 4.78 is 10.5. The van der Waals surface area contributed by atoms with Crippen molar-refractivity contribution < 1.29 is 23.9 Å². The average Bonchev–Trinajstić information content (AvgIpc) is 2.66. The number of rotatable bonds is 2. The SMILES string of the molecule is COc1ccc(N2C(=O)[C@@H]3C(=O)Oc4ccccc4[C@@H]3[C@@H](C)C2=O)cc1. The number of carbonyl (C=O) groups excluding carboxylic acids is 3. The second kappa shape index (κ2) is 5.98. The molecule has 132 valence electrons. The van der Waals surface area contributed by atoms with Crippen LogP contribution in [0.4, 0.5) is 5.69 Å². The minimum absolute atomic E-state index is 0.328. The quantitative estimate of drug-likeness (QED) is 0.360. The van der Waals surface area contributed by atoms with E-state index in [-0.39, 0.29) is 5.91 Å². The summed E-state index contributed by atoms with van der Waals surface area (Å²) in [7, 11) is 1.54. The summed E-state index contributed by atoms with van der Waals surface area (Å²) in [6.45, 7) is 1.75. The van der Waals surface area contributed by atoms with E-state index in [2.05, 4.69) is 0 Å². The molecule has 2 aromatic carbocycles. The van der Waals surface area contributed by atoms with Crippen LogP contribution in [-0.4, -0.2) is 24.9 Å². The Labute approximate surface area is 150 Å². The number of methoxy groups -OCH3 is 1. The van der Waals surface area contributed by atoms with E-state index in [0.717, 1.165) is 10.5 Å². The van der Waals surface area contributed by atoms with Crippen molar-refractivity contribution in [2.75, 3.05) is 12.0 Å². The Morgan fingerprint density at radius 3 is 2.35 bits per heavy atom. The molecule has 0 unspecified atom stereocenters. The van der Waals surface area contributed by atoms with Crippen molar-refractivity contribution in [3.8, 4) is 11.5 Å². The molecule has 0 saturated carbocycles. The molecule has 0 N–H and O–H groups in total. The van der Waals surface area contributed by atoms with Crippen LogP contribution < -0.4 is 14.4 Å². The topological polar surface area (TPSA) is 72.9 Å². The lowest BCUT2D eigenvalue weighted by molar-refractivity contribution is -0.151. The number of anilines is 1. The number of nitrogens with zero attached hydrogens (tertiary/aromatic N) is 1. The first-order valence-corrected chi connectivity index (χ1v) is 8.35. The maximum atomic E-state index is 13.1. The number of amides is 2. The predicted molar refractivity (Wildman–Crippen MR) is 93.0 cm³/mol. The van der Waals surface area contributed by atoms with E-state index >= 15 is 0 Å². The van der Waals surface area contributed by atoms with Crippen LogP contribution in [0, 0.1) is 11.8 Å². The van der Waals surface area contributed by atoms with E-state index in [1.165, 1.54) is 7.11 Å². The molecule has 1 fully saturated rings. The number of hydrogen-bond donors (Lipinski definition) is 0. The first-order valence-electron chi connectivity index (χ1n) is 8.35. The van der Waals surface area contributed by atoms with Gasteiger partial charge in [0.1, 0.15) is 17.4 Å². The first-order chi connectivity index (χ1) is 12.5. The molecule has 0 radical (unpaired) electrons. The predicted octanol–water partition coefficient (Wildman–Crippen LogP) is 2.52. The van der Waals surface area contributed by atoms with Crippen molar-refractivity contribution in [1.29, 1.82) is 0 Å². The van der Waals surface area contributed by atoms with Gasteiger partial charge in [-0.05, 0) is 30.3 Å². The van der Waals surface area contributed by atoms with Crippen molar-refractivity contribution in [2.45, 2.75) is 12.8 Å². The monoisotopic (exact) mass is 351 g/mol. The van der Waals surface area contributed by atoms with Crippen LogP contribution >= 0.6 is 0 Å². The van der Waals surface area contributed by atoms with Gasteiger partial charge in [-0.1, -0.05) is 25.1 Å². The fourth-order valence-electron chi connectivity index (χ4n) is 3.75. The molecule has 2 aliphatic heterocycles. The summed E-state index contributed by atoms with van der Waals surface area (Å²) in [6, 6.07) is 13.6. The van der Waals surface area contributed by atoms with Crippen molar-refractivity contribution >= 4 is 23.5 Å². The molecule has 3 atom stereocenters. The molecule has 0 spiro atoms. The van der Waals surface area contributed by atoms with Gasteiger partial charge in [-0.2, -0.15) is 0 Å². The molecule has 1 saturated heterocycles. The van der Waals surface area contributed by atoms with E-state index in [0.29, 0.717) is 17.2 Å². The number of ether oxygens (including phenoxy) is 2. The Hall–Kier alpha value is -3.15. The van der Waals surface area contributed by atoms with Gasteiger partial charge < -0.3 is 9.47 Å². The minimum atomic E-state index is -1.03. The zero-order valence-corrected chi connectivity index (χ0v) is 14.3. The highest BCUT2D eigenvalue weighted by atomic mass is 16.5. The van der Waals surface area contributed by atoms with Gasteiger partial charge in [0.2, 0.25) is 11.8 Å². The van der Waals surface area contributed by atoms with Gasteiger partial charge in [0.15, 0.2) is 0 Å². The zero-order valence-electron chi connectivity index (χ0n) is 14.3. The zero-order chi connectivity index (χ0) is 18.4. The van der Waals surface area contributed by atoms with Crippen LogP contribution in [0.25, 0.3) is 0 Å². The number of para-hydroxylation sites is 1. The van der Waals surface area contributed by atoms with Crippen LogP contribution in [0.2, 0.25) is 0 Å². The molecule has 0 aromatic heterocycles. The Morgan fingerprint density at radius 2 is 1.65 bits per heavy atom. The van der Waals surface area contributed by atoms with Gasteiger partial charge in [-0.3, -0.25) is 14.4 Å². The largest absolute Gasteiger partial charge is 0.497 e. The fraction of sp³-hybridized carbons (Fsp3) is 0.250. The van der Waals surface area contributed by atoms with Gasteiger partial charge in [-0.15, -0.1) is 0 Å². The molecule has 0 bridgehead atoms. The number of benzene rings is 2. The summed E-state index contributed by atoms with van der Waals surface area (Å²) in [6.07, 6.45) is 0. The van der Waals surface area contributed by atoms with Gasteiger partial charge in [-0.25, -0.2) is 4.90 Å². The van der Waals surface area contributed by atoms with Gasteiger partial charge in [0, 0.05) is 17.4 Å². The van der Waals surface area contributed by atoms with Crippen molar-refractivity contribution in [3.05, 3.63) is 54.1 Å². The third kappa shape index (κ3) is 2.29. The molecule has 4 rings (SSSR count). The lowest BCUT2D eigenvalue weighted by Gasteiger charge is -2.41. The van der Waals surface area contributed by atoms with Gasteiger partial charge >= 0.3 is 5.97 Å². The summed E-state index contributed by atoms with van der Waals surface area (Å²) in [5.41, 5.74) is 1.14. The maximum absolute atomic E-state index is 13.1. The lowest BCUT2D eigenvalue weighted by Crippen LogP contribution is -2.57. The summed E-state index contributed by atoms with van der Waals surface area (Å²) in [5, 5.41) is 0. The van der Waals surface area contributed by atoms with E-state index in [1.807, 2.05) is 6.07 Å². The second-order valence-corrected chi connectivity index (χ2v) is 6.46. The normalized spacial score (nSPS) is 24.6. The van der Waals surface area contributed by atoms with Crippen molar-refractivity contribution in [3.63, 3.8) is 0 Å². The smallest absolute Gasteiger partial charge is 0.324 e. The van der Waals surface area contributed by atoms with Gasteiger partial charge in [0.25, 0.3) is 0 Å². The van der Waals surface area contributed by atoms with Crippen molar-refractivity contribution in [2.24, 2.45) is 11.8 Å². The van der Waals surface area contributed by atoms with E-state index in [1.54, 1.807) is 49.4 Å². The molecule has 6 nitrogen and oxygen atoms in total. The molecule has 0 aliphatic carbocycles. The molecule has 2 aromatic rings. The van der Waals surface area contributed by atoms with Crippen LogP contribution in [0.15, 0.2) is 48.5 Å². The molecule has 2 amide bonds. The van der Waals surface area contributed by atoms with Crippen LogP contribution in [-0.2, 0) is 14.4 Å². The van der Waals surface area contributed by atoms with E-state index in [9.17, 15) is 14.4 Å². The highest BCUT2D eigenvalue weighted by molar-refractivity contribution is 6.23. The van der Waals surface area contributed by atoms with Gasteiger partial charge in [0.05, 0.1) is 12.8 Å². The summed E-state index contributed by atoms with van der Waals surface area (Å²) >= 11 is 0. The van der Waals surface area contributed by atoms with E-state index < -0.39 is 29.6 Å². The van der Waals surface area contributed by atoms with E-state index in [4.69, 9.17) is 9.47 Å². The number of hydrogen-bond acceptors (Lipinski definition) is 5. The minimum Gasteiger partial charge on any atom is -0.497 e. The Balaban J connectivity index is 1.78. The molecule has 6 heteroatoms. The van der Waals surface area contributed by atoms with Crippen LogP contribution in [0.3, 0.4) is 0 Å². The molecule has 26 heavy (non-hydrogen) atoms. The first kappa shape index (κ1) is 16.3. The van der Waals surface area contributed by atoms with Crippen LogP contribution in [0.1, 0.15) is 18.4 Å². The molecule has 2 heterocycles. The average molecular weight is 351 g/mol. The third-order valence-electron chi connectivity index (χ3n) is 5.07. The Kier molecular flexibility index (Phi) is 3.76. The highest BCUT2D eigenvalue weighted by Crippen LogP contribution is 2.46. The summed E-state index contributed by atoms with van der Waals surface area (Å²) in [4.78, 5) is 39.7. The Morgan fingerprint density at radius 1 is 0.962 bits per heavy atom. The third-order valence-corrected chi connectivity index (χ3v) is 5.07. The molecular weight excluding hydrogens is 334 g/mol. The fourth-order valence-corrected chi connectivity index (χ4v) is 3.75. The second-order valence-electron chi connectivity index (χ2n) is 6.46. The number of piperidine rings is 1. The molecular formula is C20H17NO5. The Bertz CT molecular complexity index is 905. The highest BCUT2D eigenvalue weighted by Gasteiger charge is 2.54. The number of fused-ring (bicyclic) bond motifs is 3. The van der Waals surface area contributed by atoms with Crippen molar-refractivity contribution in [1.82, 2.24) is 0 Å². The van der Waals surface area contributed by atoms with Crippen LogP contribution in [0.5, 0.6) is 11.5 Å². The number of esters is 1. The molecule has 2 aliphatic rings. The lowest BCUT2D eigenvalue weighted by atomic mass is 9.72. The maximum Gasteiger partial charge on any atom is 0.324 e. The number of carbonyl (C=O) groups is 3. The standard InChI is InChI=1S/C20H17NO5/c1-11-16-14-5-3-4-6-15(14)26-20(24)17(16)19(23)21(18(11)22)12-7-9-13(25-2)10-8-12/h3-11,16-17H,1-2H3/t11-,16+,17-/m1/s1. The number of imide groups is 1. The summed E-state index contributed by atoms with van der Waals surface area (Å²) in [5.74, 6) is -2.53.